The van der Waals surface area contributed by atoms with Crippen molar-refractivity contribution >= 4 is 15.8 Å². The van der Waals surface area contributed by atoms with Gasteiger partial charge in [-0.25, -0.2) is 8.42 Å². The van der Waals surface area contributed by atoms with Gasteiger partial charge in [-0.1, -0.05) is 38.1 Å². The van der Waals surface area contributed by atoms with Gasteiger partial charge in [0.1, 0.15) is 12.6 Å². The third-order valence-electron chi connectivity index (χ3n) is 2.82. The predicted octanol–water partition coefficient (Wildman–Crippen LogP) is 1.26. The van der Waals surface area contributed by atoms with Crippen LogP contribution in [0.1, 0.15) is 25.0 Å². The van der Waals surface area contributed by atoms with Crippen LogP contribution in [-0.4, -0.2) is 26.7 Å². The van der Waals surface area contributed by atoms with Gasteiger partial charge in [0.05, 0.1) is 5.75 Å². The molecule has 2 N–H and O–H groups in total. The van der Waals surface area contributed by atoms with Crippen LogP contribution in [0.4, 0.5) is 0 Å². The van der Waals surface area contributed by atoms with Crippen molar-refractivity contribution < 1.29 is 17.9 Å². The van der Waals surface area contributed by atoms with Crippen LogP contribution in [0.3, 0.4) is 0 Å². The first-order valence-corrected chi connectivity index (χ1v) is 8.43. The highest BCUT2D eigenvalue weighted by Gasteiger charge is 2.18. The molecule has 0 spiro atoms. The Balaban J connectivity index is 2.56. The van der Waals surface area contributed by atoms with E-state index in [0.717, 1.165) is 5.56 Å². The number of hydrogen-bond donors (Lipinski definition) is 1. The molecule has 20 heavy (non-hydrogen) atoms. The fourth-order valence-corrected chi connectivity index (χ4v) is 2.36. The summed E-state index contributed by atoms with van der Waals surface area (Å²) in [5, 5.41) is 0. The fraction of sp³-hybridized carbons (Fsp3) is 0.500. The summed E-state index contributed by atoms with van der Waals surface area (Å²) in [6.07, 6.45) is 1.19. The van der Waals surface area contributed by atoms with Gasteiger partial charge in [-0.2, -0.15) is 0 Å². The molecule has 0 heterocycles. The van der Waals surface area contributed by atoms with Crippen molar-refractivity contribution in [1.29, 1.82) is 0 Å². The Labute approximate surface area is 120 Å². The Hall–Kier alpha value is -1.40. The molecule has 0 fully saturated rings. The molecule has 0 amide bonds. The van der Waals surface area contributed by atoms with E-state index in [2.05, 4.69) is 0 Å². The summed E-state index contributed by atoms with van der Waals surface area (Å²) in [6.45, 7) is 3.84. The van der Waals surface area contributed by atoms with Crippen molar-refractivity contribution in [3.05, 3.63) is 35.4 Å². The maximum Gasteiger partial charge on any atom is 0.323 e. The minimum absolute atomic E-state index is 0.00525. The van der Waals surface area contributed by atoms with Crippen LogP contribution in [0.15, 0.2) is 24.3 Å². The second-order valence-corrected chi connectivity index (χ2v) is 7.40. The van der Waals surface area contributed by atoms with Gasteiger partial charge in [-0.15, -0.1) is 0 Å². The zero-order valence-electron chi connectivity index (χ0n) is 12.0. The second-order valence-electron chi connectivity index (χ2n) is 5.26. The Kier molecular flexibility index (Phi) is 5.71. The summed E-state index contributed by atoms with van der Waals surface area (Å²) >= 11 is 0. The zero-order chi connectivity index (χ0) is 15.3. The number of carbonyl (C=O) groups is 1. The fourth-order valence-electron chi connectivity index (χ4n) is 1.56. The lowest BCUT2D eigenvalue weighted by Crippen LogP contribution is -2.36. The summed E-state index contributed by atoms with van der Waals surface area (Å²) in [5.41, 5.74) is 7.18. The molecule has 0 saturated heterocycles. The van der Waals surface area contributed by atoms with E-state index in [1.807, 2.05) is 13.8 Å². The first-order chi connectivity index (χ1) is 9.19. The van der Waals surface area contributed by atoms with E-state index < -0.39 is 21.8 Å². The topological polar surface area (TPSA) is 86.5 Å². The number of hydrogen-bond acceptors (Lipinski definition) is 5. The molecule has 1 aromatic carbocycles. The van der Waals surface area contributed by atoms with E-state index in [1.165, 1.54) is 6.26 Å². The number of esters is 1. The molecular weight excluding hydrogens is 278 g/mol. The molecule has 1 rings (SSSR count). The third-order valence-corrected chi connectivity index (χ3v) is 3.68. The molecule has 6 heteroatoms. The summed E-state index contributed by atoms with van der Waals surface area (Å²) in [6, 6.07) is 6.29. The van der Waals surface area contributed by atoms with Crippen molar-refractivity contribution in [2.24, 2.45) is 11.7 Å². The van der Waals surface area contributed by atoms with Crippen LogP contribution in [0.25, 0.3) is 0 Å². The number of sulfone groups is 1. The Morgan fingerprint density at radius 1 is 1.20 bits per heavy atom. The highest BCUT2D eigenvalue weighted by molar-refractivity contribution is 7.89. The first kappa shape index (κ1) is 16.7. The molecule has 0 aliphatic heterocycles. The van der Waals surface area contributed by atoms with E-state index >= 15 is 0 Å². The van der Waals surface area contributed by atoms with Crippen LogP contribution in [-0.2, 0) is 31.7 Å². The molecule has 0 aromatic heterocycles. The molecule has 112 valence electrons. The number of nitrogens with two attached hydrogens (primary N) is 1. The normalized spacial score (nSPS) is 13.2. The molecule has 0 aliphatic rings. The lowest BCUT2D eigenvalue weighted by molar-refractivity contribution is -0.147. The zero-order valence-corrected chi connectivity index (χ0v) is 12.8. The molecule has 0 aliphatic carbocycles. The monoisotopic (exact) mass is 299 g/mol. The molecular formula is C14H21NO4S. The van der Waals surface area contributed by atoms with Crippen molar-refractivity contribution in [3.63, 3.8) is 0 Å². The van der Waals surface area contributed by atoms with Crippen LogP contribution in [0, 0.1) is 5.92 Å². The minimum atomic E-state index is -3.04. The Bertz CT molecular complexity index is 549. The number of ether oxygens (including phenoxy) is 1. The molecule has 1 aromatic rings. The highest BCUT2D eigenvalue weighted by Crippen LogP contribution is 2.10. The average molecular weight is 299 g/mol. The second kappa shape index (κ2) is 6.85. The summed E-state index contributed by atoms with van der Waals surface area (Å²) in [4.78, 5) is 11.6. The average Bonchev–Trinajstić information content (AvgIpc) is 2.34. The molecule has 5 nitrogen and oxygen atoms in total. The van der Waals surface area contributed by atoms with Gasteiger partial charge >= 0.3 is 5.97 Å². The van der Waals surface area contributed by atoms with E-state index in [9.17, 15) is 13.2 Å². The van der Waals surface area contributed by atoms with Crippen LogP contribution < -0.4 is 5.73 Å². The van der Waals surface area contributed by atoms with Crippen molar-refractivity contribution in [1.82, 2.24) is 0 Å². The Morgan fingerprint density at radius 3 is 2.15 bits per heavy atom. The van der Waals surface area contributed by atoms with Gasteiger partial charge in [-0.05, 0) is 17.0 Å². The molecule has 0 unspecified atom stereocenters. The van der Waals surface area contributed by atoms with E-state index in [-0.39, 0.29) is 18.3 Å². The van der Waals surface area contributed by atoms with Crippen LogP contribution in [0.2, 0.25) is 0 Å². The quantitative estimate of drug-likeness (QED) is 0.799. The maximum absolute atomic E-state index is 11.6. The van der Waals surface area contributed by atoms with Crippen LogP contribution in [0.5, 0.6) is 0 Å². The van der Waals surface area contributed by atoms with Crippen LogP contribution >= 0.6 is 0 Å². The van der Waals surface area contributed by atoms with Gasteiger partial charge in [0.25, 0.3) is 0 Å². The van der Waals surface area contributed by atoms with Gasteiger partial charge in [0, 0.05) is 6.26 Å². The SMILES string of the molecule is CC(C)[C@H](N)C(=O)OCc1ccc(CS(C)(=O)=O)cc1. The number of carbonyl (C=O) groups excluding carboxylic acids is 1. The molecule has 0 bridgehead atoms. The maximum atomic E-state index is 11.6. The van der Waals surface area contributed by atoms with Crippen molar-refractivity contribution in [2.45, 2.75) is 32.2 Å². The standard InChI is InChI=1S/C14H21NO4S/c1-10(2)13(15)14(16)19-8-11-4-6-12(7-5-11)9-20(3,17)18/h4-7,10,13H,8-9,15H2,1-3H3/t13-/m0/s1. The van der Waals surface area contributed by atoms with Gasteiger partial charge in [-0.3, -0.25) is 4.79 Å². The van der Waals surface area contributed by atoms with Gasteiger partial charge < -0.3 is 10.5 Å². The summed E-state index contributed by atoms with van der Waals surface area (Å²) in [7, 11) is -3.04. The smallest absolute Gasteiger partial charge is 0.323 e. The van der Waals surface area contributed by atoms with E-state index in [4.69, 9.17) is 10.5 Å². The summed E-state index contributed by atoms with van der Waals surface area (Å²) < 4.78 is 27.4. The summed E-state index contributed by atoms with van der Waals surface area (Å²) in [5.74, 6) is -0.398. The third kappa shape index (κ3) is 5.71. The number of benzene rings is 1. The molecule has 0 saturated carbocycles. The first-order valence-electron chi connectivity index (χ1n) is 6.37. The molecule has 0 radical (unpaired) electrons. The van der Waals surface area contributed by atoms with Gasteiger partial charge in [0.15, 0.2) is 9.84 Å². The van der Waals surface area contributed by atoms with Gasteiger partial charge in [0.2, 0.25) is 0 Å². The number of rotatable bonds is 6. The minimum Gasteiger partial charge on any atom is -0.460 e. The van der Waals surface area contributed by atoms with E-state index in [0.29, 0.717) is 5.56 Å². The van der Waals surface area contributed by atoms with Crippen molar-refractivity contribution in [2.75, 3.05) is 6.26 Å². The molecule has 1 atom stereocenters. The van der Waals surface area contributed by atoms with E-state index in [1.54, 1.807) is 24.3 Å². The largest absolute Gasteiger partial charge is 0.460 e. The Morgan fingerprint density at radius 2 is 1.70 bits per heavy atom. The lowest BCUT2D eigenvalue weighted by atomic mass is 10.1. The van der Waals surface area contributed by atoms with Crippen molar-refractivity contribution in [3.8, 4) is 0 Å². The highest BCUT2D eigenvalue weighted by atomic mass is 32.2. The lowest BCUT2D eigenvalue weighted by Gasteiger charge is -2.14. The predicted molar refractivity (Wildman–Crippen MR) is 77.6 cm³/mol.